The summed E-state index contributed by atoms with van der Waals surface area (Å²) < 4.78 is 0. The van der Waals surface area contributed by atoms with Gasteiger partial charge in [-0.2, -0.15) is 0 Å². The summed E-state index contributed by atoms with van der Waals surface area (Å²) in [4.78, 5) is 9.51. The van der Waals surface area contributed by atoms with Crippen LogP contribution in [-0.4, -0.2) is 48.6 Å². The molecule has 1 aromatic heterocycles. The predicted octanol–water partition coefficient (Wildman–Crippen LogP) is 2.11. The number of nitrogens with zero attached hydrogens (tertiary/aromatic N) is 3. The van der Waals surface area contributed by atoms with E-state index >= 15 is 0 Å². The second kappa shape index (κ2) is 7.60. The highest BCUT2D eigenvalue weighted by molar-refractivity contribution is 5.47. The van der Waals surface area contributed by atoms with Gasteiger partial charge >= 0.3 is 0 Å². The van der Waals surface area contributed by atoms with Gasteiger partial charge in [0.15, 0.2) is 0 Å². The summed E-state index contributed by atoms with van der Waals surface area (Å²) in [5, 5.41) is 3.34. The van der Waals surface area contributed by atoms with E-state index in [-0.39, 0.29) is 0 Å². The Morgan fingerprint density at radius 1 is 1.25 bits per heavy atom. The largest absolute Gasteiger partial charge is 0.369 e. The van der Waals surface area contributed by atoms with E-state index < -0.39 is 0 Å². The smallest absolute Gasteiger partial charge is 0.0562 e. The monoisotopic (exact) mass is 276 g/mol. The molecule has 0 bridgehead atoms. The van der Waals surface area contributed by atoms with E-state index in [2.05, 4.69) is 53.0 Å². The number of pyridine rings is 1. The van der Waals surface area contributed by atoms with Gasteiger partial charge in [0.25, 0.3) is 0 Å². The van der Waals surface area contributed by atoms with Crippen LogP contribution in [0.15, 0.2) is 18.3 Å². The molecule has 1 atom stereocenters. The Bertz CT molecular complexity index is 399. The highest BCUT2D eigenvalue weighted by Gasteiger charge is 2.20. The van der Waals surface area contributed by atoms with Gasteiger partial charge in [-0.3, -0.25) is 9.88 Å². The van der Waals surface area contributed by atoms with Gasteiger partial charge in [-0.1, -0.05) is 13.8 Å². The minimum atomic E-state index is 0.707. The molecule has 0 saturated carbocycles. The van der Waals surface area contributed by atoms with Crippen molar-refractivity contribution < 1.29 is 0 Å². The van der Waals surface area contributed by atoms with Gasteiger partial charge in [-0.15, -0.1) is 0 Å². The van der Waals surface area contributed by atoms with Crippen molar-refractivity contribution in [1.82, 2.24) is 15.2 Å². The molecule has 4 heteroatoms. The molecule has 0 radical (unpaired) electrons. The lowest BCUT2D eigenvalue weighted by Crippen LogP contribution is -2.49. The van der Waals surface area contributed by atoms with E-state index in [0.29, 0.717) is 6.04 Å². The van der Waals surface area contributed by atoms with Crippen molar-refractivity contribution in [2.45, 2.75) is 39.8 Å². The second-order valence-electron chi connectivity index (χ2n) is 5.57. The van der Waals surface area contributed by atoms with Crippen LogP contribution in [0.2, 0.25) is 0 Å². The standard InChI is InChI=1S/C16H28N4/c1-4-14(3)19-8-10-20(11-9-19)16-6-7-18-15(12-16)13-17-5-2/h6-7,12,14,17H,4-5,8-11,13H2,1-3H3. The first-order valence-corrected chi connectivity index (χ1v) is 7.89. The number of piperazine rings is 1. The van der Waals surface area contributed by atoms with Crippen LogP contribution < -0.4 is 10.2 Å². The summed E-state index contributed by atoms with van der Waals surface area (Å²) in [6.07, 6.45) is 3.17. The van der Waals surface area contributed by atoms with Gasteiger partial charge in [0.1, 0.15) is 0 Å². The summed E-state index contributed by atoms with van der Waals surface area (Å²) in [5.41, 5.74) is 2.45. The molecule has 1 saturated heterocycles. The third-order valence-corrected chi connectivity index (χ3v) is 4.25. The van der Waals surface area contributed by atoms with Gasteiger partial charge in [-0.25, -0.2) is 0 Å². The normalized spacial score (nSPS) is 18.2. The molecule has 0 aliphatic carbocycles. The Labute approximate surface area is 123 Å². The molecule has 0 aromatic carbocycles. The van der Waals surface area contributed by atoms with E-state index in [0.717, 1.165) is 31.9 Å². The third-order valence-electron chi connectivity index (χ3n) is 4.25. The molecule has 0 spiro atoms. The van der Waals surface area contributed by atoms with Crippen LogP contribution >= 0.6 is 0 Å². The zero-order chi connectivity index (χ0) is 14.4. The predicted molar refractivity (Wildman–Crippen MR) is 85.2 cm³/mol. The van der Waals surface area contributed by atoms with Crippen molar-refractivity contribution in [3.63, 3.8) is 0 Å². The van der Waals surface area contributed by atoms with Crippen LogP contribution in [0.1, 0.15) is 32.9 Å². The zero-order valence-corrected chi connectivity index (χ0v) is 13.1. The number of rotatable bonds is 6. The van der Waals surface area contributed by atoms with Crippen molar-refractivity contribution in [2.24, 2.45) is 0 Å². The highest BCUT2D eigenvalue weighted by atomic mass is 15.3. The first-order chi connectivity index (χ1) is 9.74. The van der Waals surface area contributed by atoms with Crippen LogP contribution in [0.4, 0.5) is 5.69 Å². The van der Waals surface area contributed by atoms with Crippen LogP contribution in [-0.2, 0) is 6.54 Å². The summed E-state index contributed by atoms with van der Waals surface area (Å²) in [7, 11) is 0. The molecule has 2 heterocycles. The Kier molecular flexibility index (Phi) is 5.80. The van der Waals surface area contributed by atoms with Crippen molar-refractivity contribution in [3.05, 3.63) is 24.0 Å². The van der Waals surface area contributed by atoms with Crippen molar-refractivity contribution >= 4 is 5.69 Å². The van der Waals surface area contributed by atoms with E-state index in [9.17, 15) is 0 Å². The lowest BCUT2D eigenvalue weighted by atomic mass is 10.1. The van der Waals surface area contributed by atoms with E-state index in [4.69, 9.17) is 0 Å². The molecule has 20 heavy (non-hydrogen) atoms. The Hall–Kier alpha value is -1.13. The van der Waals surface area contributed by atoms with Gasteiger partial charge in [-0.05, 0) is 32.0 Å². The number of aromatic nitrogens is 1. The minimum Gasteiger partial charge on any atom is -0.369 e. The van der Waals surface area contributed by atoms with Gasteiger partial charge in [0.2, 0.25) is 0 Å². The van der Waals surface area contributed by atoms with Crippen LogP contribution in [0, 0.1) is 0 Å². The molecule has 0 amide bonds. The summed E-state index contributed by atoms with van der Waals surface area (Å²) in [5.74, 6) is 0. The molecule has 1 aliphatic heterocycles. The quantitative estimate of drug-likeness (QED) is 0.862. The zero-order valence-electron chi connectivity index (χ0n) is 13.1. The molecule has 1 unspecified atom stereocenters. The number of hydrogen-bond donors (Lipinski definition) is 1. The first-order valence-electron chi connectivity index (χ1n) is 7.89. The molecule has 1 fully saturated rings. The fourth-order valence-electron chi connectivity index (χ4n) is 2.69. The molecular formula is C16H28N4. The maximum Gasteiger partial charge on any atom is 0.0562 e. The second-order valence-corrected chi connectivity index (χ2v) is 5.57. The summed E-state index contributed by atoms with van der Waals surface area (Å²) >= 11 is 0. The Balaban J connectivity index is 1.93. The molecule has 112 valence electrons. The fourth-order valence-corrected chi connectivity index (χ4v) is 2.69. The third kappa shape index (κ3) is 3.93. The van der Waals surface area contributed by atoms with Gasteiger partial charge in [0.05, 0.1) is 5.69 Å². The number of hydrogen-bond acceptors (Lipinski definition) is 4. The fraction of sp³-hybridized carbons (Fsp3) is 0.688. The molecule has 4 nitrogen and oxygen atoms in total. The van der Waals surface area contributed by atoms with Crippen molar-refractivity contribution in [2.75, 3.05) is 37.6 Å². The average Bonchev–Trinajstić information content (AvgIpc) is 2.52. The Morgan fingerprint density at radius 2 is 2.00 bits per heavy atom. The number of anilines is 1. The minimum absolute atomic E-state index is 0.707. The van der Waals surface area contributed by atoms with Gasteiger partial charge in [0, 0.05) is 50.6 Å². The van der Waals surface area contributed by atoms with Crippen LogP contribution in [0.25, 0.3) is 0 Å². The molecule has 2 rings (SSSR count). The summed E-state index contributed by atoms with van der Waals surface area (Å²) in [6, 6.07) is 5.06. The maximum absolute atomic E-state index is 4.43. The van der Waals surface area contributed by atoms with Crippen molar-refractivity contribution in [3.8, 4) is 0 Å². The molecular weight excluding hydrogens is 248 g/mol. The van der Waals surface area contributed by atoms with Crippen LogP contribution in [0.5, 0.6) is 0 Å². The Morgan fingerprint density at radius 3 is 2.65 bits per heavy atom. The van der Waals surface area contributed by atoms with Crippen molar-refractivity contribution in [1.29, 1.82) is 0 Å². The lowest BCUT2D eigenvalue weighted by Gasteiger charge is -2.39. The van der Waals surface area contributed by atoms with Crippen LogP contribution in [0.3, 0.4) is 0 Å². The van der Waals surface area contributed by atoms with E-state index in [1.165, 1.54) is 25.2 Å². The number of nitrogens with one attached hydrogen (secondary N) is 1. The molecule has 1 aliphatic rings. The highest BCUT2D eigenvalue weighted by Crippen LogP contribution is 2.18. The van der Waals surface area contributed by atoms with Gasteiger partial charge < -0.3 is 10.2 Å². The average molecular weight is 276 g/mol. The summed E-state index contributed by atoms with van der Waals surface area (Å²) in [6.45, 7) is 13.1. The first kappa shape index (κ1) is 15.3. The SMILES string of the molecule is CCNCc1cc(N2CCN(C(C)CC)CC2)ccn1. The topological polar surface area (TPSA) is 31.4 Å². The van der Waals surface area contributed by atoms with E-state index in [1.54, 1.807) is 0 Å². The molecule has 1 aromatic rings. The van der Waals surface area contributed by atoms with E-state index in [1.807, 2.05) is 6.20 Å². The maximum atomic E-state index is 4.43. The lowest BCUT2D eigenvalue weighted by molar-refractivity contribution is 0.193. The molecule has 1 N–H and O–H groups in total.